The van der Waals surface area contributed by atoms with Gasteiger partial charge in [0.25, 0.3) is 8.32 Å². The molecule has 0 saturated heterocycles. The summed E-state index contributed by atoms with van der Waals surface area (Å²) in [5.74, 6) is 0.274. The molecule has 4 atom stereocenters. The van der Waals surface area contributed by atoms with Crippen molar-refractivity contribution in [3.05, 3.63) is 109 Å². The summed E-state index contributed by atoms with van der Waals surface area (Å²) >= 11 is 0. The standard InChI is InChI=1S/C32H42O3Si/c1-25(22-23-30(33)27-16-10-7-11-17-27)31(34-6)26(2)24-35-36(32(3,4)5,28-18-12-8-13-19-28)29-20-14-9-15-21-29/h7-23,25-26,30-31,33H,24H2,1-6H3/b23-22+/t25-,26+,30-,31-/m1/s1. The highest BCUT2D eigenvalue weighted by Gasteiger charge is 2.50. The fraction of sp³-hybridized carbons (Fsp3) is 0.375. The van der Waals surface area contributed by atoms with Crippen LogP contribution in [0.5, 0.6) is 0 Å². The van der Waals surface area contributed by atoms with Gasteiger partial charge < -0.3 is 14.3 Å². The number of methoxy groups -OCH3 is 1. The number of aliphatic hydroxyl groups is 1. The molecular weight excluding hydrogens is 460 g/mol. The summed E-state index contributed by atoms with van der Waals surface area (Å²) in [5, 5.41) is 13.1. The third kappa shape index (κ3) is 6.43. The molecule has 0 unspecified atom stereocenters. The van der Waals surface area contributed by atoms with Crippen molar-refractivity contribution in [2.24, 2.45) is 11.8 Å². The Morgan fingerprint density at radius 1 is 0.778 bits per heavy atom. The summed E-state index contributed by atoms with van der Waals surface area (Å²) in [6, 6.07) is 31.2. The molecule has 0 spiro atoms. The van der Waals surface area contributed by atoms with Gasteiger partial charge >= 0.3 is 0 Å². The van der Waals surface area contributed by atoms with Crippen LogP contribution in [0.4, 0.5) is 0 Å². The Labute approximate surface area is 218 Å². The molecule has 0 saturated carbocycles. The third-order valence-electron chi connectivity index (χ3n) is 7.07. The normalized spacial score (nSPS) is 16.0. The Hall–Kier alpha value is -2.50. The summed E-state index contributed by atoms with van der Waals surface area (Å²) in [7, 11) is -0.834. The Morgan fingerprint density at radius 2 is 1.25 bits per heavy atom. The lowest BCUT2D eigenvalue weighted by atomic mass is 9.92. The lowest BCUT2D eigenvalue weighted by Crippen LogP contribution is -2.67. The Kier molecular flexibility index (Phi) is 9.86. The molecule has 36 heavy (non-hydrogen) atoms. The minimum atomic E-state index is -2.60. The fourth-order valence-corrected chi connectivity index (χ4v) is 9.90. The lowest BCUT2D eigenvalue weighted by Gasteiger charge is -2.44. The van der Waals surface area contributed by atoms with Crippen molar-refractivity contribution >= 4 is 18.7 Å². The van der Waals surface area contributed by atoms with E-state index in [-0.39, 0.29) is 23.0 Å². The van der Waals surface area contributed by atoms with Gasteiger partial charge in [-0.25, -0.2) is 0 Å². The molecule has 3 nitrogen and oxygen atoms in total. The van der Waals surface area contributed by atoms with Crippen molar-refractivity contribution in [1.82, 2.24) is 0 Å². The van der Waals surface area contributed by atoms with E-state index in [2.05, 4.69) is 101 Å². The van der Waals surface area contributed by atoms with Crippen LogP contribution in [-0.2, 0) is 9.16 Å². The highest BCUT2D eigenvalue weighted by molar-refractivity contribution is 6.99. The van der Waals surface area contributed by atoms with Crippen molar-refractivity contribution in [2.75, 3.05) is 13.7 Å². The van der Waals surface area contributed by atoms with E-state index in [1.165, 1.54) is 10.4 Å². The quantitative estimate of drug-likeness (QED) is 0.253. The van der Waals surface area contributed by atoms with E-state index in [9.17, 15) is 5.11 Å². The van der Waals surface area contributed by atoms with E-state index in [1.54, 1.807) is 7.11 Å². The number of hydrogen-bond donors (Lipinski definition) is 1. The number of benzene rings is 3. The topological polar surface area (TPSA) is 38.7 Å². The van der Waals surface area contributed by atoms with Gasteiger partial charge in [-0.2, -0.15) is 0 Å². The molecule has 3 aromatic carbocycles. The maximum Gasteiger partial charge on any atom is 0.261 e. The molecule has 0 aromatic heterocycles. The van der Waals surface area contributed by atoms with Gasteiger partial charge in [-0.3, -0.25) is 0 Å². The van der Waals surface area contributed by atoms with Gasteiger partial charge in [0.2, 0.25) is 0 Å². The second kappa shape index (κ2) is 12.6. The van der Waals surface area contributed by atoms with Gasteiger partial charge in [-0.15, -0.1) is 0 Å². The van der Waals surface area contributed by atoms with E-state index >= 15 is 0 Å². The van der Waals surface area contributed by atoms with Crippen LogP contribution in [0.3, 0.4) is 0 Å². The van der Waals surface area contributed by atoms with Gasteiger partial charge in [-0.1, -0.05) is 138 Å². The first-order valence-electron chi connectivity index (χ1n) is 12.9. The molecule has 0 bridgehead atoms. The molecule has 0 aliphatic heterocycles. The van der Waals surface area contributed by atoms with Crippen LogP contribution in [0.25, 0.3) is 0 Å². The van der Waals surface area contributed by atoms with Crippen molar-refractivity contribution in [3.63, 3.8) is 0 Å². The van der Waals surface area contributed by atoms with Gasteiger partial charge in [0.1, 0.15) is 0 Å². The van der Waals surface area contributed by atoms with Gasteiger partial charge in [0, 0.05) is 25.6 Å². The Bertz CT molecular complexity index is 1020. The lowest BCUT2D eigenvalue weighted by molar-refractivity contribution is 0.0130. The number of hydrogen-bond acceptors (Lipinski definition) is 3. The predicted octanol–water partition coefficient (Wildman–Crippen LogP) is 6.14. The molecule has 3 aromatic rings. The summed E-state index contributed by atoms with van der Waals surface area (Å²) in [6.07, 6.45) is 3.25. The van der Waals surface area contributed by atoms with Crippen LogP contribution < -0.4 is 10.4 Å². The summed E-state index contributed by atoms with van der Waals surface area (Å²) in [5.41, 5.74) is 0.887. The van der Waals surface area contributed by atoms with Crippen LogP contribution in [0.1, 0.15) is 46.3 Å². The molecule has 0 radical (unpaired) electrons. The molecule has 4 heteroatoms. The second-order valence-electron chi connectivity index (χ2n) is 10.8. The first-order chi connectivity index (χ1) is 17.2. The molecule has 3 rings (SSSR count). The summed E-state index contributed by atoms with van der Waals surface area (Å²) in [6.45, 7) is 11.8. The molecule has 0 aliphatic rings. The van der Waals surface area contributed by atoms with Crippen LogP contribution in [-0.4, -0.2) is 33.2 Å². The zero-order valence-corrected chi connectivity index (χ0v) is 23.6. The van der Waals surface area contributed by atoms with Crippen molar-refractivity contribution in [2.45, 2.75) is 51.9 Å². The maximum absolute atomic E-state index is 10.6. The van der Waals surface area contributed by atoms with E-state index in [1.807, 2.05) is 36.4 Å². The van der Waals surface area contributed by atoms with E-state index in [0.717, 1.165) is 5.56 Å². The highest BCUT2D eigenvalue weighted by Crippen LogP contribution is 2.37. The Morgan fingerprint density at radius 3 is 1.69 bits per heavy atom. The molecule has 1 N–H and O–H groups in total. The largest absolute Gasteiger partial charge is 0.407 e. The summed E-state index contributed by atoms with van der Waals surface area (Å²) < 4.78 is 13.1. The van der Waals surface area contributed by atoms with Crippen molar-refractivity contribution < 1.29 is 14.3 Å². The third-order valence-corrected chi connectivity index (χ3v) is 12.1. The average Bonchev–Trinajstić information content (AvgIpc) is 2.89. The minimum Gasteiger partial charge on any atom is -0.407 e. The number of ether oxygens (including phenoxy) is 1. The molecule has 0 amide bonds. The summed E-state index contributed by atoms with van der Waals surface area (Å²) in [4.78, 5) is 0. The van der Waals surface area contributed by atoms with Crippen LogP contribution in [0, 0.1) is 11.8 Å². The average molecular weight is 503 g/mol. The van der Waals surface area contributed by atoms with Crippen LogP contribution >= 0.6 is 0 Å². The van der Waals surface area contributed by atoms with E-state index in [4.69, 9.17) is 9.16 Å². The van der Waals surface area contributed by atoms with Gasteiger partial charge in [-0.05, 0) is 21.0 Å². The SMILES string of the molecule is CO[C@H]([C@H](C)/C=C/[C@@H](O)c1ccccc1)[C@@H](C)CO[Si](c1ccccc1)(c1ccccc1)C(C)(C)C. The monoisotopic (exact) mass is 502 g/mol. The molecule has 0 fully saturated rings. The van der Waals surface area contributed by atoms with Gasteiger partial charge in [0.05, 0.1) is 12.2 Å². The van der Waals surface area contributed by atoms with Crippen molar-refractivity contribution in [3.8, 4) is 0 Å². The smallest absolute Gasteiger partial charge is 0.261 e. The fourth-order valence-electron chi connectivity index (χ4n) is 5.23. The predicted molar refractivity (Wildman–Crippen MR) is 153 cm³/mol. The first kappa shape index (κ1) is 28.1. The first-order valence-corrected chi connectivity index (χ1v) is 14.8. The molecular formula is C32H42O3Si. The zero-order valence-electron chi connectivity index (χ0n) is 22.6. The molecule has 0 aliphatic carbocycles. The van der Waals surface area contributed by atoms with Gasteiger partial charge in [0.15, 0.2) is 0 Å². The zero-order chi connectivity index (χ0) is 26.2. The van der Waals surface area contributed by atoms with E-state index < -0.39 is 14.4 Å². The Balaban J connectivity index is 1.83. The highest BCUT2D eigenvalue weighted by atomic mass is 28.4. The maximum atomic E-state index is 10.6. The number of rotatable bonds is 11. The van der Waals surface area contributed by atoms with Crippen LogP contribution in [0.2, 0.25) is 5.04 Å². The van der Waals surface area contributed by atoms with Crippen LogP contribution in [0.15, 0.2) is 103 Å². The molecule has 192 valence electrons. The van der Waals surface area contributed by atoms with Crippen molar-refractivity contribution in [1.29, 1.82) is 0 Å². The van der Waals surface area contributed by atoms with E-state index in [0.29, 0.717) is 6.61 Å². The number of aliphatic hydroxyl groups excluding tert-OH is 1. The molecule has 0 heterocycles. The second-order valence-corrected chi connectivity index (χ2v) is 15.1. The minimum absolute atomic E-state index is 0.0394.